The Kier molecular flexibility index (Phi) is 3.14. The summed E-state index contributed by atoms with van der Waals surface area (Å²) in [4.78, 5) is 24.1. The van der Waals surface area contributed by atoms with Gasteiger partial charge >= 0.3 is 5.97 Å². The van der Waals surface area contributed by atoms with E-state index in [0.717, 1.165) is 39.0 Å². The lowest BCUT2D eigenvalue weighted by atomic mass is 9.87. The molecular formula is C11H18N2O3. The summed E-state index contributed by atoms with van der Waals surface area (Å²) in [5.41, 5.74) is 0.284. The van der Waals surface area contributed by atoms with Crippen molar-refractivity contribution in [3.63, 3.8) is 0 Å². The molecule has 0 saturated carbocycles. The Balaban J connectivity index is 1.83. The van der Waals surface area contributed by atoms with Crippen molar-refractivity contribution in [1.29, 1.82) is 0 Å². The van der Waals surface area contributed by atoms with Gasteiger partial charge in [0.25, 0.3) is 5.91 Å². The third-order valence-electron chi connectivity index (χ3n) is 3.52. The van der Waals surface area contributed by atoms with Crippen LogP contribution in [-0.2, 0) is 14.3 Å². The average molecular weight is 226 g/mol. The summed E-state index contributed by atoms with van der Waals surface area (Å²) in [7, 11) is 0. The summed E-state index contributed by atoms with van der Waals surface area (Å²) >= 11 is 0. The van der Waals surface area contributed by atoms with Crippen LogP contribution in [0.15, 0.2) is 0 Å². The van der Waals surface area contributed by atoms with Crippen molar-refractivity contribution in [3.05, 3.63) is 0 Å². The monoisotopic (exact) mass is 226 g/mol. The van der Waals surface area contributed by atoms with E-state index in [4.69, 9.17) is 4.74 Å². The fraction of sp³-hybridized carbons (Fsp3) is 0.818. The van der Waals surface area contributed by atoms with Crippen molar-refractivity contribution in [2.45, 2.75) is 19.8 Å². The zero-order valence-electron chi connectivity index (χ0n) is 9.62. The largest absolute Gasteiger partial charge is 0.456 e. The topological polar surface area (TPSA) is 58.6 Å². The van der Waals surface area contributed by atoms with E-state index >= 15 is 0 Å². The van der Waals surface area contributed by atoms with E-state index in [1.165, 1.54) is 6.92 Å². The summed E-state index contributed by atoms with van der Waals surface area (Å²) in [5.74, 6) is -0.469. The van der Waals surface area contributed by atoms with E-state index in [-0.39, 0.29) is 17.9 Å². The van der Waals surface area contributed by atoms with Crippen LogP contribution in [0.4, 0.5) is 0 Å². The number of ether oxygens (including phenoxy) is 1. The highest BCUT2D eigenvalue weighted by Crippen LogP contribution is 2.35. The van der Waals surface area contributed by atoms with Gasteiger partial charge < -0.3 is 15.0 Å². The molecule has 5 heteroatoms. The normalized spacial score (nSPS) is 28.7. The molecule has 1 N–H and O–H groups in total. The van der Waals surface area contributed by atoms with Crippen LogP contribution < -0.4 is 5.32 Å². The fourth-order valence-corrected chi connectivity index (χ4v) is 2.55. The zero-order valence-corrected chi connectivity index (χ0v) is 9.62. The molecule has 0 aromatic rings. The highest BCUT2D eigenvalue weighted by molar-refractivity contribution is 5.80. The second-order valence-corrected chi connectivity index (χ2v) is 4.77. The molecule has 0 aromatic heterocycles. The van der Waals surface area contributed by atoms with Gasteiger partial charge in [-0.2, -0.15) is 0 Å². The number of amides is 1. The van der Waals surface area contributed by atoms with Crippen LogP contribution in [0.3, 0.4) is 0 Å². The van der Waals surface area contributed by atoms with E-state index < -0.39 is 5.97 Å². The molecule has 2 saturated heterocycles. The number of nitrogens with one attached hydrogen (secondary N) is 1. The van der Waals surface area contributed by atoms with Crippen molar-refractivity contribution >= 4 is 11.9 Å². The first-order chi connectivity index (χ1) is 7.61. The molecule has 2 aliphatic heterocycles. The highest BCUT2D eigenvalue weighted by atomic mass is 16.5. The second kappa shape index (κ2) is 4.41. The Morgan fingerprint density at radius 1 is 1.44 bits per heavy atom. The molecule has 1 unspecified atom stereocenters. The SMILES string of the molecule is CC(=O)OCC(=O)N1CCC2(CCNC2)C1. The third kappa shape index (κ3) is 2.35. The summed E-state index contributed by atoms with van der Waals surface area (Å²) in [6.07, 6.45) is 2.20. The van der Waals surface area contributed by atoms with Gasteiger partial charge in [0.2, 0.25) is 0 Å². The van der Waals surface area contributed by atoms with Gasteiger partial charge in [0.05, 0.1) is 0 Å². The molecule has 0 bridgehead atoms. The Bertz CT molecular complexity index is 298. The van der Waals surface area contributed by atoms with Crippen LogP contribution in [-0.4, -0.2) is 49.6 Å². The first-order valence-corrected chi connectivity index (χ1v) is 5.73. The smallest absolute Gasteiger partial charge is 0.303 e. The molecule has 2 heterocycles. The molecule has 2 fully saturated rings. The summed E-state index contributed by atoms with van der Waals surface area (Å²) in [6, 6.07) is 0. The van der Waals surface area contributed by atoms with Gasteiger partial charge in [-0.15, -0.1) is 0 Å². The minimum Gasteiger partial charge on any atom is -0.456 e. The summed E-state index contributed by atoms with van der Waals surface area (Å²) in [6.45, 7) is 4.86. The van der Waals surface area contributed by atoms with Gasteiger partial charge in [0, 0.05) is 32.0 Å². The van der Waals surface area contributed by atoms with Gasteiger partial charge in [0.1, 0.15) is 0 Å². The van der Waals surface area contributed by atoms with Crippen LogP contribution in [0.1, 0.15) is 19.8 Å². The number of likely N-dealkylation sites (tertiary alicyclic amines) is 1. The first-order valence-electron chi connectivity index (χ1n) is 5.73. The van der Waals surface area contributed by atoms with Crippen molar-refractivity contribution in [2.24, 2.45) is 5.41 Å². The molecule has 0 aromatic carbocycles. The van der Waals surface area contributed by atoms with E-state index in [1.807, 2.05) is 4.90 Å². The van der Waals surface area contributed by atoms with Crippen LogP contribution >= 0.6 is 0 Å². The minimum absolute atomic E-state index is 0.0704. The van der Waals surface area contributed by atoms with Crippen molar-refractivity contribution in [1.82, 2.24) is 10.2 Å². The minimum atomic E-state index is -0.398. The molecule has 1 amide bonds. The third-order valence-corrected chi connectivity index (χ3v) is 3.52. The van der Waals surface area contributed by atoms with Crippen LogP contribution in [0.25, 0.3) is 0 Å². The molecule has 0 aliphatic carbocycles. The van der Waals surface area contributed by atoms with Crippen LogP contribution in [0.2, 0.25) is 0 Å². The van der Waals surface area contributed by atoms with Gasteiger partial charge in [-0.1, -0.05) is 0 Å². The van der Waals surface area contributed by atoms with Gasteiger partial charge in [-0.3, -0.25) is 9.59 Å². The predicted molar refractivity (Wildman–Crippen MR) is 57.7 cm³/mol. The first kappa shape index (κ1) is 11.4. The average Bonchev–Trinajstić information content (AvgIpc) is 2.86. The molecule has 2 aliphatic rings. The number of esters is 1. The molecular weight excluding hydrogens is 208 g/mol. The van der Waals surface area contributed by atoms with E-state index in [2.05, 4.69) is 5.32 Å². The van der Waals surface area contributed by atoms with Crippen molar-refractivity contribution in [3.8, 4) is 0 Å². The Morgan fingerprint density at radius 3 is 2.88 bits per heavy atom. The number of nitrogens with zero attached hydrogens (tertiary/aromatic N) is 1. The molecule has 0 radical (unpaired) electrons. The Hall–Kier alpha value is -1.10. The van der Waals surface area contributed by atoms with E-state index in [1.54, 1.807) is 0 Å². The van der Waals surface area contributed by atoms with Gasteiger partial charge in [-0.25, -0.2) is 0 Å². The fourth-order valence-electron chi connectivity index (χ4n) is 2.55. The quantitative estimate of drug-likeness (QED) is 0.660. The van der Waals surface area contributed by atoms with Crippen LogP contribution in [0.5, 0.6) is 0 Å². The Morgan fingerprint density at radius 2 is 2.25 bits per heavy atom. The maximum Gasteiger partial charge on any atom is 0.303 e. The highest BCUT2D eigenvalue weighted by Gasteiger charge is 2.41. The van der Waals surface area contributed by atoms with E-state index in [0.29, 0.717) is 0 Å². The van der Waals surface area contributed by atoms with E-state index in [9.17, 15) is 9.59 Å². The van der Waals surface area contributed by atoms with Crippen molar-refractivity contribution < 1.29 is 14.3 Å². The molecule has 5 nitrogen and oxygen atoms in total. The zero-order chi connectivity index (χ0) is 11.6. The number of carbonyl (C=O) groups is 2. The number of carbonyl (C=O) groups excluding carboxylic acids is 2. The molecule has 2 rings (SSSR count). The van der Waals surface area contributed by atoms with Crippen molar-refractivity contribution in [2.75, 3.05) is 32.8 Å². The maximum absolute atomic E-state index is 11.7. The number of hydrogen-bond donors (Lipinski definition) is 1. The molecule has 16 heavy (non-hydrogen) atoms. The molecule has 1 spiro atoms. The second-order valence-electron chi connectivity index (χ2n) is 4.77. The predicted octanol–water partition coefficient (Wildman–Crippen LogP) is -0.238. The van der Waals surface area contributed by atoms with Gasteiger partial charge in [-0.05, 0) is 19.4 Å². The molecule has 90 valence electrons. The lowest BCUT2D eigenvalue weighted by Crippen LogP contribution is -2.35. The van der Waals surface area contributed by atoms with Crippen LogP contribution in [0, 0.1) is 5.41 Å². The lowest BCUT2D eigenvalue weighted by Gasteiger charge is -2.22. The Labute approximate surface area is 95.1 Å². The standard InChI is InChI=1S/C11H18N2O3/c1-9(14)16-6-10(15)13-5-3-11(8-13)2-4-12-7-11/h12H,2-8H2,1H3. The lowest BCUT2D eigenvalue weighted by molar-refractivity contribution is -0.149. The molecule has 1 atom stereocenters. The summed E-state index contributed by atoms with van der Waals surface area (Å²) < 4.78 is 4.72. The summed E-state index contributed by atoms with van der Waals surface area (Å²) in [5, 5.41) is 3.34. The maximum atomic E-state index is 11.7. The van der Waals surface area contributed by atoms with Gasteiger partial charge in [0.15, 0.2) is 6.61 Å². The number of rotatable bonds is 2. The number of hydrogen-bond acceptors (Lipinski definition) is 4.